The van der Waals surface area contributed by atoms with Crippen LogP contribution in [0.1, 0.15) is 13.8 Å². The zero-order chi connectivity index (χ0) is 14.4. The number of hydrogen-bond acceptors (Lipinski definition) is 5. The van der Waals surface area contributed by atoms with E-state index in [-0.39, 0.29) is 5.78 Å². The van der Waals surface area contributed by atoms with Crippen molar-refractivity contribution in [3.8, 4) is 0 Å². The normalized spacial score (nSPS) is 12.3. The van der Waals surface area contributed by atoms with E-state index in [9.17, 15) is 14.4 Å². The fourth-order valence-electron chi connectivity index (χ4n) is 1.36. The van der Waals surface area contributed by atoms with Crippen molar-refractivity contribution in [2.75, 3.05) is 7.11 Å². The number of carbonyl (C=O) groups is 3. The van der Waals surface area contributed by atoms with Crippen LogP contribution in [0.15, 0.2) is 30.3 Å². The molecule has 0 aliphatic heterocycles. The van der Waals surface area contributed by atoms with Gasteiger partial charge in [0.25, 0.3) is 0 Å². The molecule has 19 heavy (non-hydrogen) atoms. The second-order valence-corrected chi connectivity index (χ2v) is 8.14. The third kappa shape index (κ3) is 4.30. The van der Waals surface area contributed by atoms with E-state index in [2.05, 4.69) is 4.74 Å². The van der Waals surface area contributed by atoms with Gasteiger partial charge in [-0.1, -0.05) is 0 Å². The van der Waals surface area contributed by atoms with Crippen LogP contribution in [-0.4, -0.2) is 28.8 Å². The summed E-state index contributed by atoms with van der Waals surface area (Å²) in [5, 5.41) is 0. The molecule has 0 spiro atoms. The molecule has 0 aromatic heterocycles. The van der Waals surface area contributed by atoms with Gasteiger partial charge in [0.2, 0.25) is 0 Å². The number of ketones is 1. The van der Waals surface area contributed by atoms with E-state index >= 15 is 0 Å². The molecule has 0 fully saturated rings. The molecule has 1 aromatic carbocycles. The van der Waals surface area contributed by atoms with E-state index < -0.39 is 36.1 Å². The summed E-state index contributed by atoms with van der Waals surface area (Å²) in [7, 11) is 1.21. The first-order valence-electron chi connectivity index (χ1n) is 5.48. The average molecular weight is 378 g/mol. The van der Waals surface area contributed by atoms with Gasteiger partial charge >= 0.3 is 119 Å². The number of alkyl halides is 1. The van der Waals surface area contributed by atoms with Crippen LogP contribution >= 0.6 is 20.2 Å². The van der Waals surface area contributed by atoms with Crippen LogP contribution in [0.2, 0.25) is 0 Å². The second-order valence-electron chi connectivity index (χ2n) is 3.64. The van der Waals surface area contributed by atoms with E-state index in [0.717, 1.165) is 3.57 Å². The standard InChI is InChI=1S/C13H15IO5/c1-9(15)12(13(17)18-3)14(19-10(2)16)11-7-5-4-6-8-11/h4-8,12H,1-3H3. The van der Waals surface area contributed by atoms with Crippen LogP contribution < -0.4 is 0 Å². The van der Waals surface area contributed by atoms with Gasteiger partial charge in [0.05, 0.1) is 0 Å². The number of methoxy groups -OCH3 is 1. The topological polar surface area (TPSA) is 69.7 Å². The summed E-state index contributed by atoms with van der Waals surface area (Å²) >= 11 is -2.78. The first-order valence-corrected chi connectivity index (χ1v) is 8.68. The van der Waals surface area contributed by atoms with Gasteiger partial charge in [-0.25, -0.2) is 0 Å². The van der Waals surface area contributed by atoms with Gasteiger partial charge in [-0.3, -0.25) is 0 Å². The molecule has 0 amide bonds. The summed E-state index contributed by atoms with van der Waals surface area (Å²) in [5.41, 5.74) is 0. The first-order chi connectivity index (χ1) is 8.97. The van der Waals surface area contributed by atoms with Gasteiger partial charge in [-0.05, 0) is 0 Å². The summed E-state index contributed by atoms with van der Waals surface area (Å²) in [6.45, 7) is 2.57. The van der Waals surface area contributed by atoms with Crippen LogP contribution in [0.3, 0.4) is 0 Å². The monoisotopic (exact) mass is 378 g/mol. The molecule has 104 valence electrons. The molecule has 0 saturated carbocycles. The molecule has 6 heteroatoms. The van der Waals surface area contributed by atoms with E-state index in [1.54, 1.807) is 24.3 Å². The SMILES string of the molecule is COC(=O)C(C(C)=O)I(OC(C)=O)c1ccccc1. The quantitative estimate of drug-likeness (QED) is 0.339. The van der Waals surface area contributed by atoms with Crippen molar-refractivity contribution in [1.82, 2.24) is 0 Å². The number of Topliss-reactive ketones (excluding diaryl/α,β-unsaturated/α-hetero) is 1. The molecule has 0 radical (unpaired) electrons. The molecule has 0 aliphatic carbocycles. The summed E-state index contributed by atoms with van der Waals surface area (Å²) in [5.74, 6) is -1.49. The van der Waals surface area contributed by atoms with E-state index in [0.29, 0.717) is 0 Å². The number of benzene rings is 1. The first kappa shape index (κ1) is 15.6. The zero-order valence-electron chi connectivity index (χ0n) is 10.9. The average Bonchev–Trinajstić information content (AvgIpc) is 2.37. The second kappa shape index (κ2) is 7.22. The molecule has 0 heterocycles. The van der Waals surface area contributed by atoms with Gasteiger partial charge in [0, 0.05) is 0 Å². The van der Waals surface area contributed by atoms with Crippen LogP contribution in [0.5, 0.6) is 0 Å². The van der Waals surface area contributed by atoms with Crippen LogP contribution in [0.4, 0.5) is 0 Å². The number of rotatable bonds is 5. The number of halogens is 1. The predicted molar refractivity (Wildman–Crippen MR) is 77.4 cm³/mol. The Hall–Kier alpha value is -1.44. The molecule has 1 unspecified atom stereocenters. The Morgan fingerprint density at radius 1 is 1.11 bits per heavy atom. The molecule has 1 rings (SSSR count). The van der Waals surface area contributed by atoms with Crippen LogP contribution in [-0.2, 0) is 22.2 Å². The van der Waals surface area contributed by atoms with Gasteiger partial charge in [-0.15, -0.1) is 0 Å². The van der Waals surface area contributed by atoms with Crippen molar-refractivity contribution in [3.63, 3.8) is 0 Å². The molecule has 0 aliphatic rings. The predicted octanol–water partition coefficient (Wildman–Crippen LogP) is 1.97. The molecular formula is C13H15IO5. The van der Waals surface area contributed by atoms with Crippen molar-refractivity contribution < 1.29 is 22.2 Å². The van der Waals surface area contributed by atoms with Crippen LogP contribution in [0, 0.1) is 3.57 Å². The number of esters is 1. The maximum absolute atomic E-state index is 11.8. The summed E-state index contributed by atoms with van der Waals surface area (Å²) in [4.78, 5) is 34.7. The van der Waals surface area contributed by atoms with E-state index in [4.69, 9.17) is 3.07 Å². The summed E-state index contributed by atoms with van der Waals surface area (Å²) in [6.07, 6.45) is 0. The molecule has 1 aromatic rings. The van der Waals surface area contributed by atoms with E-state index in [1.165, 1.54) is 21.0 Å². The Morgan fingerprint density at radius 2 is 1.68 bits per heavy atom. The van der Waals surface area contributed by atoms with Crippen LogP contribution in [0.25, 0.3) is 0 Å². The molecule has 0 saturated heterocycles. The number of hydrogen-bond donors (Lipinski definition) is 0. The third-order valence-corrected chi connectivity index (χ3v) is 7.66. The van der Waals surface area contributed by atoms with Crippen molar-refractivity contribution >= 4 is 38.0 Å². The van der Waals surface area contributed by atoms with Crippen molar-refractivity contribution in [2.45, 2.75) is 17.8 Å². The Kier molecular flexibility index (Phi) is 5.94. The van der Waals surface area contributed by atoms with Gasteiger partial charge in [0.1, 0.15) is 0 Å². The Morgan fingerprint density at radius 3 is 2.11 bits per heavy atom. The summed E-state index contributed by atoms with van der Waals surface area (Å²) < 4.78 is 9.65. The van der Waals surface area contributed by atoms with Gasteiger partial charge in [0.15, 0.2) is 0 Å². The van der Waals surface area contributed by atoms with Gasteiger partial charge in [-0.2, -0.15) is 0 Å². The van der Waals surface area contributed by atoms with E-state index in [1.807, 2.05) is 6.07 Å². The molecule has 1 atom stereocenters. The van der Waals surface area contributed by atoms with Crippen molar-refractivity contribution in [2.24, 2.45) is 0 Å². The fourth-order valence-corrected chi connectivity index (χ4v) is 5.89. The molecule has 5 nitrogen and oxygen atoms in total. The summed E-state index contributed by atoms with van der Waals surface area (Å²) in [6, 6.07) is 8.88. The molecule has 0 bridgehead atoms. The molecular weight excluding hydrogens is 363 g/mol. The fraction of sp³-hybridized carbons (Fsp3) is 0.308. The molecule has 0 N–H and O–H groups in total. The number of ether oxygens (including phenoxy) is 1. The Labute approximate surface area is 119 Å². The third-order valence-electron chi connectivity index (χ3n) is 2.10. The minimum absolute atomic E-state index is 0.345. The van der Waals surface area contributed by atoms with Gasteiger partial charge < -0.3 is 0 Å². The minimum atomic E-state index is -2.78. The van der Waals surface area contributed by atoms with Crippen molar-refractivity contribution in [3.05, 3.63) is 33.9 Å². The zero-order valence-corrected chi connectivity index (χ0v) is 13.0. The Bertz CT molecular complexity index is 471. The maximum atomic E-state index is 11.8. The number of carbonyl (C=O) groups excluding carboxylic acids is 3. The van der Waals surface area contributed by atoms with Crippen molar-refractivity contribution in [1.29, 1.82) is 0 Å². The Balaban J connectivity index is 3.17.